The highest BCUT2D eigenvalue weighted by molar-refractivity contribution is 7.16. The fraction of sp³-hybridized carbons (Fsp3) is 0.111. The first-order valence-corrected chi connectivity index (χ1v) is 8.34. The van der Waals surface area contributed by atoms with Gasteiger partial charge in [-0.15, -0.1) is 11.3 Å². The van der Waals surface area contributed by atoms with Crippen LogP contribution < -0.4 is 5.32 Å². The van der Waals surface area contributed by atoms with Crippen LogP contribution in [0.1, 0.15) is 20.8 Å². The first-order valence-electron chi connectivity index (χ1n) is 7.14. The van der Waals surface area contributed by atoms with Crippen LogP contribution in [0.2, 0.25) is 5.02 Å². The number of aromatic nitrogens is 1. The summed E-state index contributed by atoms with van der Waals surface area (Å²) in [5.74, 6) is -0.148. The van der Waals surface area contributed by atoms with E-state index < -0.39 is 0 Å². The molecule has 0 radical (unpaired) electrons. The highest BCUT2D eigenvalue weighted by Crippen LogP contribution is 2.31. The van der Waals surface area contributed by atoms with Crippen molar-refractivity contribution in [3.8, 4) is 11.3 Å². The first kappa shape index (κ1) is 15.7. The Balaban J connectivity index is 1.83. The third-order valence-corrected chi connectivity index (χ3v) is 4.55. The molecule has 116 valence electrons. The lowest BCUT2D eigenvalue weighted by Gasteiger charge is -2.02. The molecule has 3 aromatic rings. The average Bonchev–Trinajstić information content (AvgIpc) is 2.88. The second-order valence-corrected chi connectivity index (χ2v) is 6.89. The van der Waals surface area contributed by atoms with Crippen molar-refractivity contribution >= 4 is 34.0 Å². The molecule has 23 heavy (non-hydrogen) atoms. The van der Waals surface area contributed by atoms with Crippen LogP contribution in [0.3, 0.4) is 0 Å². The van der Waals surface area contributed by atoms with E-state index in [1.54, 1.807) is 6.07 Å². The summed E-state index contributed by atoms with van der Waals surface area (Å²) in [6.45, 7) is 3.95. The van der Waals surface area contributed by atoms with Crippen molar-refractivity contribution in [3.05, 3.63) is 69.6 Å². The van der Waals surface area contributed by atoms with Gasteiger partial charge in [-0.3, -0.25) is 10.1 Å². The zero-order valence-corrected chi connectivity index (χ0v) is 14.3. The van der Waals surface area contributed by atoms with Gasteiger partial charge >= 0.3 is 0 Å². The van der Waals surface area contributed by atoms with Crippen LogP contribution in [-0.4, -0.2) is 10.9 Å². The molecule has 1 aromatic heterocycles. The number of halogens is 1. The van der Waals surface area contributed by atoms with Crippen LogP contribution in [-0.2, 0) is 0 Å². The maximum atomic E-state index is 12.3. The number of carbonyl (C=O) groups excluding carboxylic acids is 1. The topological polar surface area (TPSA) is 42.0 Å². The van der Waals surface area contributed by atoms with Gasteiger partial charge in [-0.1, -0.05) is 41.4 Å². The summed E-state index contributed by atoms with van der Waals surface area (Å²) in [7, 11) is 0. The van der Waals surface area contributed by atoms with E-state index in [4.69, 9.17) is 11.6 Å². The lowest BCUT2D eigenvalue weighted by atomic mass is 10.1. The molecule has 1 N–H and O–H groups in total. The maximum absolute atomic E-state index is 12.3. The molecule has 3 nitrogen and oxygen atoms in total. The van der Waals surface area contributed by atoms with Crippen molar-refractivity contribution in [2.24, 2.45) is 0 Å². The molecule has 0 bridgehead atoms. The Morgan fingerprint density at radius 1 is 1.13 bits per heavy atom. The van der Waals surface area contributed by atoms with E-state index in [1.165, 1.54) is 11.3 Å². The summed E-state index contributed by atoms with van der Waals surface area (Å²) in [4.78, 5) is 17.9. The van der Waals surface area contributed by atoms with Gasteiger partial charge in [0, 0.05) is 21.0 Å². The van der Waals surface area contributed by atoms with Crippen molar-refractivity contribution in [1.29, 1.82) is 0 Å². The first-order chi connectivity index (χ1) is 11.0. The monoisotopic (exact) mass is 342 g/mol. The summed E-state index contributed by atoms with van der Waals surface area (Å²) >= 11 is 7.38. The van der Waals surface area contributed by atoms with Gasteiger partial charge in [0.25, 0.3) is 5.91 Å². The molecular formula is C18H15ClN2OS. The van der Waals surface area contributed by atoms with Crippen molar-refractivity contribution in [2.75, 3.05) is 5.32 Å². The van der Waals surface area contributed by atoms with Crippen molar-refractivity contribution in [3.63, 3.8) is 0 Å². The van der Waals surface area contributed by atoms with Gasteiger partial charge in [0.05, 0.1) is 5.69 Å². The molecule has 0 spiro atoms. The molecule has 3 rings (SSSR count). The predicted octanol–water partition coefficient (Wildman–Crippen LogP) is 5.33. The van der Waals surface area contributed by atoms with Crippen LogP contribution in [0.25, 0.3) is 11.3 Å². The molecule has 0 aliphatic heterocycles. The number of nitrogens with one attached hydrogen (secondary N) is 1. The van der Waals surface area contributed by atoms with Gasteiger partial charge < -0.3 is 0 Å². The Morgan fingerprint density at radius 2 is 1.87 bits per heavy atom. The third-order valence-electron chi connectivity index (χ3n) is 3.41. The molecular weight excluding hydrogens is 328 g/mol. The minimum absolute atomic E-state index is 0.148. The normalized spacial score (nSPS) is 10.6. The lowest BCUT2D eigenvalue weighted by molar-refractivity contribution is 0.102. The number of rotatable bonds is 3. The van der Waals surface area contributed by atoms with E-state index in [2.05, 4.69) is 10.3 Å². The fourth-order valence-corrected chi connectivity index (χ4v) is 3.24. The Bertz CT molecular complexity index is 856. The molecule has 2 aromatic carbocycles. The highest BCUT2D eigenvalue weighted by Gasteiger charge is 2.13. The second kappa shape index (κ2) is 6.52. The molecule has 1 heterocycles. The number of anilines is 1. The van der Waals surface area contributed by atoms with Gasteiger partial charge in [-0.05, 0) is 38.1 Å². The Kier molecular flexibility index (Phi) is 4.46. The Morgan fingerprint density at radius 3 is 2.57 bits per heavy atom. The summed E-state index contributed by atoms with van der Waals surface area (Å²) in [5.41, 5.74) is 3.53. The van der Waals surface area contributed by atoms with Gasteiger partial charge in [-0.25, -0.2) is 4.98 Å². The van der Waals surface area contributed by atoms with E-state index in [1.807, 2.05) is 56.3 Å². The molecule has 0 aliphatic rings. The number of amides is 1. The van der Waals surface area contributed by atoms with E-state index in [-0.39, 0.29) is 5.91 Å². The number of thiazole rings is 1. The average molecular weight is 343 g/mol. The summed E-state index contributed by atoms with van der Waals surface area (Å²) in [6, 6.07) is 15.0. The van der Waals surface area contributed by atoms with Crippen LogP contribution in [0, 0.1) is 13.8 Å². The molecule has 0 atom stereocenters. The maximum Gasteiger partial charge on any atom is 0.257 e. The van der Waals surface area contributed by atoms with Crippen LogP contribution in [0.4, 0.5) is 5.13 Å². The number of nitrogens with zero attached hydrogens (tertiary/aromatic N) is 1. The van der Waals surface area contributed by atoms with Gasteiger partial charge in [0.2, 0.25) is 0 Å². The minimum Gasteiger partial charge on any atom is -0.298 e. The number of hydrogen-bond acceptors (Lipinski definition) is 3. The largest absolute Gasteiger partial charge is 0.298 e. The number of benzene rings is 2. The van der Waals surface area contributed by atoms with E-state index >= 15 is 0 Å². The molecule has 0 saturated carbocycles. The van der Waals surface area contributed by atoms with Crippen molar-refractivity contribution in [2.45, 2.75) is 13.8 Å². The second-order valence-electron chi connectivity index (χ2n) is 5.25. The van der Waals surface area contributed by atoms with Gasteiger partial charge in [0.1, 0.15) is 0 Å². The minimum atomic E-state index is -0.148. The smallest absolute Gasteiger partial charge is 0.257 e. The molecule has 0 unspecified atom stereocenters. The third kappa shape index (κ3) is 3.60. The zero-order chi connectivity index (χ0) is 16.4. The summed E-state index contributed by atoms with van der Waals surface area (Å²) in [5, 5.41) is 4.16. The molecule has 0 aliphatic carbocycles. The number of carbonyl (C=O) groups is 1. The van der Waals surface area contributed by atoms with Crippen LogP contribution in [0.15, 0.2) is 48.5 Å². The van der Waals surface area contributed by atoms with Crippen molar-refractivity contribution in [1.82, 2.24) is 4.98 Å². The Hall–Kier alpha value is -2.17. The predicted molar refractivity (Wildman–Crippen MR) is 96.4 cm³/mol. The van der Waals surface area contributed by atoms with Crippen LogP contribution >= 0.6 is 22.9 Å². The lowest BCUT2D eigenvalue weighted by Crippen LogP contribution is -2.11. The van der Waals surface area contributed by atoms with Gasteiger partial charge in [-0.2, -0.15) is 0 Å². The van der Waals surface area contributed by atoms with Crippen LogP contribution in [0.5, 0.6) is 0 Å². The van der Waals surface area contributed by atoms with Crippen molar-refractivity contribution < 1.29 is 4.79 Å². The molecule has 5 heteroatoms. The number of hydrogen-bond donors (Lipinski definition) is 1. The standard InChI is InChI=1S/C18H15ClN2OS/c1-11-4-3-5-14(10-11)17(22)21-18-20-16(12(2)23-18)13-6-8-15(19)9-7-13/h3-10H,1-2H3,(H,20,21,22). The molecule has 0 fully saturated rings. The quantitative estimate of drug-likeness (QED) is 0.698. The Labute approximate surface area is 144 Å². The summed E-state index contributed by atoms with van der Waals surface area (Å²) in [6.07, 6.45) is 0. The SMILES string of the molecule is Cc1cccc(C(=O)Nc2nc(-c3ccc(Cl)cc3)c(C)s2)c1. The highest BCUT2D eigenvalue weighted by atomic mass is 35.5. The molecule has 1 amide bonds. The zero-order valence-electron chi connectivity index (χ0n) is 12.8. The van der Waals surface area contributed by atoms with Gasteiger partial charge in [0.15, 0.2) is 5.13 Å². The van der Waals surface area contributed by atoms with E-state index in [0.717, 1.165) is 21.7 Å². The van der Waals surface area contributed by atoms with E-state index in [0.29, 0.717) is 15.7 Å². The molecule has 0 saturated heterocycles. The van der Waals surface area contributed by atoms with E-state index in [9.17, 15) is 4.79 Å². The fourth-order valence-electron chi connectivity index (χ4n) is 2.28. The number of aryl methyl sites for hydroxylation is 2. The summed E-state index contributed by atoms with van der Waals surface area (Å²) < 4.78 is 0.